The van der Waals surface area contributed by atoms with Crippen molar-refractivity contribution >= 4 is 11.6 Å². The third-order valence-electron chi connectivity index (χ3n) is 2.83. The average Bonchev–Trinajstić information content (AvgIpc) is 2.32. The Hall–Kier alpha value is 0.170. The van der Waals surface area contributed by atoms with Crippen molar-refractivity contribution in [1.82, 2.24) is 0 Å². The lowest BCUT2D eigenvalue weighted by Crippen LogP contribution is -2.20. The molecule has 1 unspecified atom stereocenters. The maximum absolute atomic E-state index is 5.91. The molecule has 0 aromatic rings. The summed E-state index contributed by atoms with van der Waals surface area (Å²) in [5.74, 6) is 0.692. The van der Waals surface area contributed by atoms with E-state index in [1.165, 1.54) is 0 Å². The smallest absolute Gasteiger partial charge is 0.0701 e. The third kappa shape index (κ3) is 8.34. The summed E-state index contributed by atoms with van der Waals surface area (Å²) in [5, 5.41) is 0. The molecule has 0 heterocycles. The van der Waals surface area contributed by atoms with Crippen LogP contribution in [-0.4, -0.2) is 46.0 Å². The highest BCUT2D eigenvalue weighted by atomic mass is 35.5. The Morgan fingerprint density at radius 3 is 2.06 bits per heavy atom. The van der Waals surface area contributed by atoms with E-state index in [1.54, 1.807) is 7.11 Å². The van der Waals surface area contributed by atoms with Crippen LogP contribution in [0.4, 0.5) is 0 Å². The number of rotatable bonds is 11. The first-order valence-corrected chi connectivity index (χ1v) is 6.42. The Bertz CT molecular complexity index is 149. The van der Waals surface area contributed by atoms with Crippen LogP contribution in [0.25, 0.3) is 0 Å². The Kier molecular flexibility index (Phi) is 10.4. The van der Waals surface area contributed by atoms with Gasteiger partial charge in [0.2, 0.25) is 0 Å². The maximum Gasteiger partial charge on any atom is 0.0701 e. The molecular formula is C12H25ClO3. The number of alkyl halides is 1. The molecule has 0 aliphatic carbocycles. The van der Waals surface area contributed by atoms with Crippen molar-refractivity contribution in [3.05, 3.63) is 0 Å². The molecule has 0 amide bonds. The largest absolute Gasteiger partial charge is 0.382 e. The standard InChI is InChI=1S/C12H25ClO3/c1-4-12(2,11-13)5-6-15-9-10-16-8-7-14-3/h4-11H2,1-3H3. The first-order valence-electron chi connectivity index (χ1n) is 5.89. The second kappa shape index (κ2) is 10.3. The number of methoxy groups -OCH3 is 1. The minimum Gasteiger partial charge on any atom is -0.382 e. The summed E-state index contributed by atoms with van der Waals surface area (Å²) in [6.45, 7) is 7.66. The summed E-state index contributed by atoms with van der Waals surface area (Å²) < 4.78 is 15.6. The molecule has 1 atom stereocenters. The van der Waals surface area contributed by atoms with E-state index in [2.05, 4.69) is 13.8 Å². The molecule has 0 N–H and O–H groups in total. The normalized spacial score (nSPS) is 15.0. The van der Waals surface area contributed by atoms with Crippen molar-refractivity contribution in [3.63, 3.8) is 0 Å². The van der Waals surface area contributed by atoms with Gasteiger partial charge in [-0.15, -0.1) is 11.6 Å². The van der Waals surface area contributed by atoms with Crippen molar-refractivity contribution in [2.24, 2.45) is 5.41 Å². The van der Waals surface area contributed by atoms with Crippen LogP contribution in [0.1, 0.15) is 26.7 Å². The molecule has 0 aliphatic heterocycles. The van der Waals surface area contributed by atoms with Gasteiger partial charge in [-0.1, -0.05) is 13.8 Å². The molecule has 0 radical (unpaired) electrons. The highest BCUT2D eigenvalue weighted by molar-refractivity contribution is 6.18. The van der Waals surface area contributed by atoms with Gasteiger partial charge in [-0.3, -0.25) is 0 Å². The van der Waals surface area contributed by atoms with E-state index in [4.69, 9.17) is 25.8 Å². The summed E-state index contributed by atoms with van der Waals surface area (Å²) in [5.41, 5.74) is 0.207. The molecule has 4 heteroatoms. The van der Waals surface area contributed by atoms with Gasteiger partial charge < -0.3 is 14.2 Å². The molecule has 0 fully saturated rings. The van der Waals surface area contributed by atoms with E-state index >= 15 is 0 Å². The lowest BCUT2D eigenvalue weighted by Gasteiger charge is -2.24. The first-order chi connectivity index (χ1) is 7.68. The van der Waals surface area contributed by atoms with Gasteiger partial charge in [0.1, 0.15) is 0 Å². The summed E-state index contributed by atoms with van der Waals surface area (Å²) in [7, 11) is 1.66. The van der Waals surface area contributed by atoms with E-state index in [0.29, 0.717) is 32.3 Å². The van der Waals surface area contributed by atoms with Gasteiger partial charge in [0.05, 0.1) is 26.4 Å². The van der Waals surface area contributed by atoms with Crippen molar-refractivity contribution < 1.29 is 14.2 Å². The predicted octanol–water partition coefficient (Wildman–Crippen LogP) is 2.71. The molecule has 0 bridgehead atoms. The van der Waals surface area contributed by atoms with Gasteiger partial charge in [-0.05, 0) is 18.3 Å². The Labute approximate surface area is 104 Å². The van der Waals surface area contributed by atoms with E-state index in [9.17, 15) is 0 Å². The van der Waals surface area contributed by atoms with Crippen LogP contribution in [0.3, 0.4) is 0 Å². The quantitative estimate of drug-likeness (QED) is 0.418. The van der Waals surface area contributed by atoms with E-state index in [1.807, 2.05) is 0 Å². The molecule has 0 aromatic carbocycles. The summed E-state index contributed by atoms with van der Waals surface area (Å²) in [6, 6.07) is 0. The van der Waals surface area contributed by atoms with Gasteiger partial charge in [0.25, 0.3) is 0 Å². The molecule has 0 aliphatic rings. The molecule has 0 saturated heterocycles. The van der Waals surface area contributed by atoms with Crippen LogP contribution in [-0.2, 0) is 14.2 Å². The van der Waals surface area contributed by atoms with Gasteiger partial charge in [-0.25, -0.2) is 0 Å². The zero-order valence-electron chi connectivity index (χ0n) is 10.8. The minimum absolute atomic E-state index is 0.207. The highest BCUT2D eigenvalue weighted by Gasteiger charge is 2.20. The predicted molar refractivity (Wildman–Crippen MR) is 67.2 cm³/mol. The van der Waals surface area contributed by atoms with Crippen molar-refractivity contribution in [1.29, 1.82) is 0 Å². The average molecular weight is 253 g/mol. The number of hydrogen-bond acceptors (Lipinski definition) is 3. The first kappa shape index (κ1) is 16.2. The Morgan fingerprint density at radius 1 is 1.00 bits per heavy atom. The second-order valence-electron chi connectivity index (χ2n) is 4.27. The van der Waals surface area contributed by atoms with Crippen LogP contribution in [0.15, 0.2) is 0 Å². The number of halogens is 1. The molecule has 0 saturated carbocycles. The second-order valence-corrected chi connectivity index (χ2v) is 4.53. The molecule has 0 rings (SSSR count). The zero-order chi connectivity index (χ0) is 12.3. The molecule has 0 spiro atoms. The summed E-state index contributed by atoms with van der Waals surface area (Å²) >= 11 is 5.91. The minimum atomic E-state index is 0.207. The van der Waals surface area contributed by atoms with Crippen LogP contribution < -0.4 is 0 Å². The maximum atomic E-state index is 5.91. The van der Waals surface area contributed by atoms with Gasteiger partial charge in [-0.2, -0.15) is 0 Å². The van der Waals surface area contributed by atoms with Gasteiger partial charge in [0, 0.05) is 19.6 Å². The SMILES string of the molecule is CCC(C)(CCl)CCOCCOCCOC. The van der Waals surface area contributed by atoms with Crippen LogP contribution in [0, 0.1) is 5.41 Å². The summed E-state index contributed by atoms with van der Waals surface area (Å²) in [4.78, 5) is 0. The molecule has 0 aromatic heterocycles. The third-order valence-corrected chi connectivity index (χ3v) is 3.48. The van der Waals surface area contributed by atoms with E-state index in [-0.39, 0.29) is 5.41 Å². The van der Waals surface area contributed by atoms with E-state index < -0.39 is 0 Å². The Balaban J connectivity index is 3.26. The van der Waals surface area contributed by atoms with Crippen LogP contribution in [0.2, 0.25) is 0 Å². The van der Waals surface area contributed by atoms with Crippen molar-refractivity contribution in [2.75, 3.05) is 46.0 Å². The zero-order valence-corrected chi connectivity index (χ0v) is 11.5. The highest BCUT2D eigenvalue weighted by Crippen LogP contribution is 2.26. The van der Waals surface area contributed by atoms with Crippen LogP contribution >= 0.6 is 11.6 Å². The van der Waals surface area contributed by atoms with Gasteiger partial charge in [0.15, 0.2) is 0 Å². The lowest BCUT2D eigenvalue weighted by atomic mass is 9.87. The topological polar surface area (TPSA) is 27.7 Å². The van der Waals surface area contributed by atoms with Crippen molar-refractivity contribution in [2.45, 2.75) is 26.7 Å². The molecule has 16 heavy (non-hydrogen) atoms. The molecule has 3 nitrogen and oxygen atoms in total. The molecular weight excluding hydrogens is 228 g/mol. The van der Waals surface area contributed by atoms with Crippen LogP contribution in [0.5, 0.6) is 0 Å². The fraction of sp³-hybridized carbons (Fsp3) is 1.00. The number of hydrogen-bond donors (Lipinski definition) is 0. The fourth-order valence-corrected chi connectivity index (χ4v) is 1.44. The van der Waals surface area contributed by atoms with Crippen molar-refractivity contribution in [3.8, 4) is 0 Å². The number of ether oxygens (including phenoxy) is 3. The lowest BCUT2D eigenvalue weighted by molar-refractivity contribution is 0.0185. The summed E-state index contributed by atoms with van der Waals surface area (Å²) in [6.07, 6.45) is 2.09. The Morgan fingerprint density at radius 2 is 1.56 bits per heavy atom. The van der Waals surface area contributed by atoms with Gasteiger partial charge >= 0.3 is 0 Å². The fourth-order valence-electron chi connectivity index (χ4n) is 1.12. The van der Waals surface area contributed by atoms with E-state index in [0.717, 1.165) is 19.4 Å². The molecule has 98 valence electrons. The monoisotopic (exact) mass is 252 g/mol.